The second-order valence-electron chi connectivity index (χ2n) is 5.19. The molecule has 0 radical (unpaired) electrons. The highest BCUT2D eigenvalue weighted by Gasteiger charge is 2.15. The first-order valence-corrected chi connectivity index (χ1v) is 7.58. The Hall–Kier alpha value is -2.33. The second kappa shape index (κ2) is 6.20. The minimum Gasteiger partial charge on any atom is -0.309 e. The molecule has 0 bridgehead atoms. The number of imidazole rings is 1. The Bertz CT molecular complexity index is 811. The lowest BCUT2D eigenvalue weighted by Gasteiger charge is -2.07. The van der Waals surface area contributed by atoms with Crippen LogP contribution in [0, 0.1) is 6.92 Å². The van der Waals surface area contributed by atoms with Gasteiger partial charge in [0, 0.05) is 12.6 Å². The van der Waals surface area contributed by atoms with Gasteiger partial charge in [-0.05, 0) is 24.1 Å². The maximum Gasteiger partial charge on any atom is 0.240 e. The van der Waals surface area contributed by atoms with E-state index in [2.05, 4.69) is 10.3 Å². The number of hydrogen-bond donors (Lipinski definition) is 1. The SMILES string of the molecule is Cc1ccc2nc(Cc3ccccc3)c(NC(=O)CCl)n2c1. The maximum atomic E-state index is 11.7. The summed E-state index contributed by atoms with van der Waals surface area (Å²) in [6.07, 6.45) is 2.61. The molecule has 0 aliphatic heterocycles. The Morgan fingerprint density at radius 2 is 2.00 bits per heavy atom. The average Bonchev–Trinajstić information content (AvgIpc) is 2.85. The van der Waals surface area contributed by atoms with Gasteiger partial charge in [-0.15, -0.1) is 11.6 Å². The zero-order valence-corrected chi connectivity index (χ0v) is 13.0. The van der Waals surface area contributed by atoms with Crippen LogP contribution in [0.4, 0.5) is 5.82 Å². The Morgan fingerprint density at radius 3 is 2.73 bits per heavy atom. The predicted octanol–water partition coefficient (Wildman–Crippen LogP) is 3.41. The third-order valence-corrected chi connectivity index (χ3v) is 3.67. The Morgan fingerprint density at radius 1 is 1.23 bits per heavy atom. The molecule has 0 atom stereocenters. The molecule has 22 heavy (non-hydrogen) atoms. The van der Waals surface area contributed by atoms with E-state index in [0.717, 1.165) is 22.5 Å². The van der Waals surface area contributed by atoms with E-state index >= 15 is 0 Å². The number of hydrogen-bond acceptors (Lipinski definition) is 2. The summed E-state index contributed by atoms with van der Waals surface area (Å²) in [7, 11) is 0. The zero-order valence-electron chi connectivity index (χ0n) is 12.2. The molecule has 0 saturated carbocycles. The second-order valence-corrected chi connectivity index (χ2v) is 5.45. The molecule has 0 fully saturated rings. The summed E-state index contributed by atoms with van der Waals surface area (Å²) in [4.78, 5) is 16.4. The molecule has 112 valence electrons. The normalized spacial score (nSPS) is 10.8. The van der Waals surface area contributed by atoms with Crippen molar-refractivity contribution < 1.29 is 4.79 Å². The molecule has 3 aromatic rings. The lowest BCUT2D eigenvalue weighted by Crippen LogP contribution is -2.15. The molecule has 1 N–H and O–H groups in total. The average molecular weight is 314 g/mol. The highest BCUT2D eigenvalue weighted by Crippen LogP contribution is 2.22. The number of aryl methyl sites for hydroxylation is 1. The number of nitrogens with zero attached hydrogens (tertiary/aromatic N) is 2. The number of aromatic nitrogens is 2. The number of pyridine rings is 1. The topological polar surface area (TPSA) is 46.4 Å². The number of anilines is 1. The first-order chi connectivity index (χ1) is 10.7. The van der Waals surface area contributed by atoms with Crippen molar-refractivity contribution in [3.8, 4) is 0 Å². The van der Waals surface area contributed by atoms with Crippen LogP contribution in [0.5, 0.6) is 0 Å². The zero-order chi connectivity index (χ0) is 15.5. The van der Waals surface area contributed by atoms with E-state index < -0.39 is 0 Å². The van der Waals surface area contributed by atoms with E-state index in [4.69, 9.17) is 11.6 Å². The van der Waals surface area contributed by atoms with Crippen LogP contribution in [0.25, 0.3) is 5.65 Å². The summed E-state index contributed by atoms with van der Waals surface area (Å²) in [5.41, 5.74) is 3.87. The number of fused-ring (bicyclic) bond motifs is 1. The molecule has 0 aliphatic rings. The first kappa shape index (κ1) is 14.6. The lowest BCUT2D eigenvalue weighted by atomic mass is 10.1. The van der Waals surface area contributed by atoms with Gasteiger partial charge in [0.05, 0.1) is 5.69 Å². The number of amides is 1. The Kier molecular flexibility index (Phi) is 4.11. The number of halogens is 1. The molecule has 0 unspecified atom stereocenters. The molecule has 2 aromatic heterocycles. The molecule has 1 amide bonds. The van der Waals surface area contributed by atoms with Crippen LogP contribution in [0.15, 0.2) is 48.7 Å². The molecule has 3 rings (SSSR count). The van der Waals surface area contributed by atoms with Crippen LogP contribution in [-0.4, -0.2) is 21.2 Å². The highest BCUT2D eigenvalue weighted by molar-refractivity contribution is 6.29. The maximum absolute atomic E-state index is 11.7. The van der Waals surface area contributed by atoms with E-state index in [0.29, 0.717) is 12.2 Å². The highest BCUT2D eigenvalue weighted by atomic mass is 35.5. The summed E-state index contributed by atoms with van der Waals surface area (Å²) in [6.45, 7) is 2.00. The van der Waals surface area contributed by atoms with Gasteiger partial charge in [0.25, 0.3) is 0 Å². The van der Waals surface area contributed by atoms with Gasteiger partial charge in [0.15, 0.2) is 0 Å². The minimum atomic E-state index is -0.237. The first-order valence-electron chi connectivity index (χ1n) is 7.04. The van der Waals surface area contributed by atoms with E-state index in [1.54, 1.807) is 0 Å². The summed E-state index contributed by atoms with van der Waals surface area (Å²) >= 11 is 5.62. The summed E-state index contributed by atoms with van der Waals surface area (Å²) in [5, 5.41) is 2.86. The van der Waals surface area contributed by atoms with Gasteiger partial charge in [-0.25, -0.2) is 4.98 Å². The van der Waals surface area contributed by atoms with Crippen LogP contribution in [-0.2, 0) is 11.2 Å². The Balaban J connectivity index is 2.07. The smallest absolute Gasteiger partial charge is 0.240 e. The van der Waals surface area contributed by atoms with Crippen molar-refractivity contribution in [1.82, 2.24) is 9.38 Å². The monoisotopic (exact) mass is 313 g/mol. The van der Waals surface area contributed by atoms with Crippen molar-refractivity contribution in [3.05, 3.63) is 65.5 Å². The van der Waals surface area contributed by atoms with Crippen LogP contribution < -0.4 is 5.32 Å². The molecule has 0 spiro atoms. The number of benzene rings is 1. The van der Waals surface area contributed by atoms with Gasteiger partial charge in [-0.1, -0.05) is 36.4 Å². The fraction of sp³-hybridized carbons (Fsp3) is 0.176. The molecule has 0 saturated heterocycles. The quantitative estimate of drug-likeness (QED) is 0.750. The van der Waals surface area contributed by atoms with Crippen molar-refractivity contribution in [3.63, 3.8) is 0 Å². The summed E-state index contributed by atoms with van der Waals surface area (Å²) < 4.78 is 1.90. The molecule has 1 aromatic carbocycles. The van der Waals surface area contributed by atoms with Crippen molar-refractivity contribution in [2.24, 2.45) is 0 Å². The standard InChI is InChI=1S/C17H16ClN3O/c1-12-7-8-15-19-14(9-13-5-3-2-4-6-13)17(21(15)11-12)20-16(22)10-18/h2-8,11H,9-10H2,1H3,(H,20,22). The van der Waals surface area contributed by atoms with Crippen molar-refractivity contribution in [2.45, 2.75) is 13.3 Å². The number of rotatable bonds is 4. The van der Waals surface area contributed by atoms with Crippen LogP contribution in [0.3, 0.4) is 0 Å². The summed E-state index contributed by atoms with van der Waals surface area (Å²) in [6, 6.07) is 14.0. The Labute approximate surface area is 133 Å². The van der Waals surface area contributed by atoms with E-state index in [9.17, 15) is 4.79 Å². The number of alkyl halides is 1. The van der Waals surface area contributed by atoms with Crippen LogP contribution in [0.2, 0.25) is 0 Å². The third kappa shape index (κ3) is 2.97. The fourth-order valence-corrected chi connectivity index (χ4v) is 2.48. The largest absolute Gasteiger partial charge is 0.309 e. The van der Waals surface area contributed by atoms with Gasteiger partial charge in [0.1, 0.15) is 17.3 Å². The van der Waals surface area contributed by atoms with Crippen molar-refractivity contribution in [2.75, 3.05) is 11.2 Å². The number of nitrogens with one attached hydrogen (secondary N) is 1. The predicted molar refractivity (Wildman–Crippen MR) is 88.5 cm³/mol. The lowest BCUT2D eigenvalue weighted by molar-refractivity contribution is -0.113. The molecule has 4 nitrogen and oxygen atoms in total. The van der Waals surface area contributed by atoms with E-state index in [-0.39, 0.29) is 11.8 Å². The van der Waals surface area contributed by atoms with Gasteiger partial charge in [-0.3, -0.25) is 9.20 Å². The van der Waals surface area contributed by atoms with Gasteiger partial charge in [0.2, 0.25) is 5.91 Å². The molecule has 0 aliphatic carbocycles. The fourth-order valence-electron chi connectivity index (χ4n) is 2.41. The van der Waals surface area contributed by atoms with Gasteiger partial charge < -0.3 is 5.32 Å². The van der Waals surface area contributed by atoms with Gasteiger partial charge >= 0.3 is 0 Å². The molecular weight excluding hydrogens is 298 g/mol. The van der Waals surface area contributed by atoms with Gasteiger partial charge in [-0.2, -0.15) is 0 Å². The number of carbonyl (C=O) groups is 1. The molecule has 2 heterocycles. The number of carbonyl (C=O) groups excluding carboxylic acids is 1. The van der Waals surface area contributed by atoms with Crippen LogP contribution in [0.1, 0.15) is 16.8 Å². The van der Waals surface area contributed by atoms with E-state index in [1.165, 1.54) is 0 Å². The third-order valence-electron chi connectivity index (χ3n) is 3.43. The van der Waals surface area contributed by atoms with Crippen molar-refractivity contribution in [1.29, 1.82) is 0 Å². The van der Waals surface area contributed by atoms with Crippen LogP contribution >= 0.6 is 11.6 Å². The minimum absolute atomic E-state index is 0.0795. The summed E-state index contributed by atoms with van der Waals surface area (Å²) in [5.74, 6) is 0.372. The van der Waals surface area contributed by atoms with Crippen molar-refractivity contribution >= 4 is 29.0 Å². The molecular formula is C17H16ClN3O. The molecule has 5 heteroatoms. The van der Waals surface area contributed by atoms with E-state index in [1.807, 2.05) is 60.0 Å².